The molecule has 0 aromatic carbocycles. The summed E-state index contributed by atoms with van der Waals surface area (Å²) in [4.78, 5) is 0. The summed E-state index contributed by atoms with van der Waals surface area (Å²) in [6.07, 6.45) is 13.4. The van der Waals surface area contributed by atoms with E-state index in [2.05, 4.69) is 26.0 Å². The average molecular weight is 202 g/mol. The van der Waals surface area contributed by atoms with Gasteiger partial charge in [0, 0.05) is 11.5 Å². The molecule has 0 spiro atoms. The van der Waals surface area contributed by atoms with E-state index in [0.29, 0.717) is 17.6 Å². The Morgan fingerprint density at radius 1 is 1.20 bits per heavy atom. The Kier molecular flexibility index (Phi) is 2.81. The van der Waals surface area contributed by atoms with Crippen LogP contribution in [0, 0.1) is 17.8 Å². The highest BCUT2D eigenvalue weighted by atomic mass is 16.3. The summed E-state index contributed by atoms with van der Waals surface area (Å²) in [6, 6.07) is 0. The lowest BCUT2D eigenvalue weighted by Gasteiger charge is -2.28. The van der Waals surface area contributed by atoms with Gasteiger partial charge in [-0.25, -0.2) is 0 Å². The van der Waals surface area contributed by atoms with Crippen LogP contribution in [0.25, 0.3) is 0 Å². The fraction of sp³-hybridized carbons (Fsp3) is 0.429. The molecule has 3 atom stereocenters. The molecule has 0 fully saturated rings. The minimum absolute atomic E-state index is 0.285. The molecule has 0 saturated heterocycles. The molecule has 0 aliphatic heterocycles. The van der Waals surface area contributed by atoms with Gasteiger partial charge in [-0.15, -0.1) is 0 Å². The molecule has 0 bridgehead atoms. The third kappa shape index (κ3) is 2.06. The summed E-state index contributed by atoms with van der Waals surface area (Å²) < 4.78 is 0. The monoisotopic (exact) mass is 202 g/mol. The van der Waals surface area contributed by atoms with Gasteiger partial charge in [0.2, 0.25) is 0 Å². The van der Waals surface area contributed by atoms with Crippen molar-refractivity contribution in [3.05, 3.63) is 47.8 Å². The van der Waals surface area contributed by atoms with Crippen LogP contribution in [0.15, 0.2) is 47.8 Å². The number of allylic oxidation sites excluding steroid dienone is 8. The molecule has 0 aromatic rings. The smallest absolute Gasteiger partial charge is 0.103 e. The standard InChI is InChI=1S/C14H18O/c1-10-7-8-11(2)13(9-10)14(15)12-5-3-4-6-12/h3-8,10-11,13,15H,9H2,1-2H3. The van der Waals surface area contributed by atoms with Gasteiger partial charge in [-0.3, -0.25) is 0 Å². The zero-order valence-corrected chi connectivity index (χ0v) is 9.35. The van der Waals surface area contributed by atoms with Crippen molar-refractivity contribution in [2.45, 2.75) is 20.3 Å². The van der Waals surface area contributed by atoms with Crippen LogP contribution in [0.3, 0.4) is 0 Å². The molecule has 15 heavy (non-hydrogen) atoms. The average Bonchev–Trinajstić information content (AvgIpc) is 2.74. The van der Waals surface area contributed by atoms with Gasteiger partial charge in [0.05, 0.1) is 0 Å². The van der Waals surface area contributed by atoms with Gasteiger partial charge < -0.3 is 5.11 Å². The summed E-state index contributed by atoms with van der Waals surface area (Å²) in [5.74, 6) is 1.86. The van der Waals surface area contributed by atoms with E-state index in [9.17, 15) is 5.11 Å². The van der Waals surface area contributed by atoms with Crippen LogP contribution in [0.5, 0.6) is 0 Å². The maximum absolute atomic E-state index is 10.2. The maximum atomic E-state index is 10.2. The number of hydrogen-bond donors (Lipinski definition) is 1. The van der Waals surface area contributed by atoms with Crippen LogP contribution < -0.4 is 0 Å². The van der Waals surface area contributed by atoms with Crippen LogP contribution in [-0.2, 0) is 0 Å². The van der Waals surface area contributed by atoms with Crippen LogP contribution >= 0.6 is 0 Å². The van der Waals surface area contributed by atoms with Crippen LogP contribution in [0.1, 0.15) is 20.3 Å². The lowest BCUT2D eigenvalue weighted by Crippen LogP contribution is -2.20. The van der Waals surface area contributed by atoms with E-state index >= 15 is 0 Å². The Morgan fingerprint density at radius 2 is 1.87 bits per heavy atom. The van der Waals surface area contributed by atoms with E-state index in [1.807, 2.05) is 24.3 Å². The molecule has 2 rings (SSSR count). The number of rotatable bonds is 1. The second-order valence-corrected chi connectivity index (χ2v) is 4.62. The molecule has 2 aliphatic rings. The van der Waals surface area contributed by atoms with Crippen molar-refractivity contribution in [3.63, 3.8) is 0 Å². The molecule has 1 N–H and O–H groups in total. The first kappa shape index (κ1) is 10.3. The predicted molar refractivity (Wildman–Crippen MR) is 63.5 cm³/mol. The SMILES string of the molecule is CC1C=CC(C)C(C(O)=C2C=CC=C2)C1. The maximum Gasteiger partial charge on any atom is 0.103 e. The van der Waals surface area contributed by atoms with E-state index in [-0.39, 0.29) is 5.92 Å². The minimum atomic E-state index is 0.285. The van der Waals surface area contributed by atoms with E-state index in [1.165, 1.54) is 0 Å². The molecule has 0 heterocycles. The predicted octanol–water partition coefficient (Wildman–Crippen LogP) is 3.77. The third-order valence-electron chi connectivity index (χ3n) is 3.31. The molecule has 0 amide bonds. The molecule has 0 radical (unpaired) electrons. The molecule has 3 unspecified atom stereocenters. The number of aliphatic hydroxyl groups excluding tert-OH is 1. The molecule has 80 valence electrons. The highest BCUT2D eigenvalue weighted by molar-refractivity contribution is 5.42. The lowest BCUT2D eigenvalue weighted by atomic mass is 9.78. The second-order valence-electron chi connectivity index (χ2n) is 4.62. The normalized spacial score (nSPS) is 33.7. The van der Waals surface area contributed by atoms with Crippen molar-refractivity contribution in [1.29, 1.82) is 0 Å². The van der Waals surface area contributed by atoms with Gasteiger partial charge in [-0.05, 0) is 18.3 Å². The second kappa shape index (κ2) is 4.09. The van der Waals surface area contributed by atoms with E-state index in [0.717, 1.165) is 12.0 Å². The van der Waals surface area contributed by atoms with Gasteiger partial charge >= 0.3 is 0 Å². The van der Waals surface area contributed by atoms with E-state index in [4.69, 9.17) is 0 Å². The van der Waals surface area contributed by atoms with Crippen molar-refractivity contribution in [2.75, 3.05) is 0 Å². The molecule has 2 aliphatic carbocycles. The first-order chi connectivity index (χ1) is 7.18. The first-order valence-corrected chi connectivity index (χ1v) is 5.64. The Balaban J connectivity index is 2.24. The number of hydrogen-bond acceptors (Lipinski definition) is 1. The van der Waals surface area contributed by atoms with E-state index in [1.54, 1.807) is 0 Å². The fourth-order valence-electron chi connectivity index (χ4n) is 2.31. The zero-order chi connectivity index (χ0) is 10.8. The lowest BCUT2D eigenvalue weighted by molar-refractivity contribution is 0.257. The fourth-order valence-corrected chi connectivity index (χ4v) is 2.31. The van der Waals surface area contributed by atoms with Crippen molar-refractivity contribution >= 4 is 0 Å². The zero-order valence-electron chi connectivity index (χ0n) is 9.35. The van der Waals surface area contributed by atoms with Gasteiger partial charge in [0.15, 0.2) is 0 Å². The van der Waals surface area contributed by atoms with Gasteiger partial charge in [0.25, 0.3) is 0 Å². The summed E-state index contributed by atoms with van der Waals surface area (Å²) in [6.45, 7) is 4.37. The summed E-state index contributed by atoms with van der Waals surface area (Å²) in [5.41, 5.74) is 0.981. The molecule has 1 nitrogen and oxygen atoms in total. The summed E-state index contributed by atoms with van der Waals surface area (Å²) >= 11 is 0. The third-order valence-corrected chi connectivity index (χ3v) is 3.31. The van der Waals surface area contributed by atoms with Crippen LogP contribution in [0.2, 0.25) is 0 Å². The highest BCUT2D eigenvalue weighted by Gasteiger charge is 2.26. The molecular formula is C14H18O. The van der Waals surface area contributed by atoms with Crippen molar-refractivity contribution in [2.24, 2.45) is 17.8 Å². The Bertz CT molecular complexity index is 344. The minimum Gasteiger partial charge on any atom is -0.511 e. The molecule has 1 heteroatoms. The first-order valence-electron chi connectivity index (χ1n) is 5.64. The van der Waals surface area contributed by atoms with Crippen LogP contribution in [0.4, 0.5) is 0 Å². The van der Waals surface area contributed by atoms with Crippen molar-refractivity contribution in [3.8, 4) is 0 Å². The Labute approximate surface area is 91.5 Å². The summed E-state index contributed by atoms with van der Waals surface area (Å²) in [7, 11) is 0. The van der Waals surface area contributed by atoms with Crippen molar-refractivity contribution < 1.29 is 5.11 Å². The van der Waals surface area contributed by atoms with E-state index < -0.39 is 0 Å². The Hall–Kier alpha value is -1.24. The summed E-state index contributed by atoms with van der Waals surface area (Å²) in [5, 5.41) is 10.2. The topological polar surface area (TPSA) is 20.2 Å². The van der Waals surface area contributed by atoms with Gasteiger partial charge in [-0.2, -0.15) is 0 Å². The van der Waals surface area contributed by atoms with Crippen molar-refractivity contribution in [1.82, 2.24) is 0 Å². The molecular weight excluding hydrogens is 184 g/mol. The van der Waals surface area contributed by atoms with Gasteiger partial charge in [0.1, 0.15) is 5.76 Å². The highest BCUT2D eigenvalue weighted by Crippen LogP contribution is 2.34. The molecule has 0 aromatic heterocycles. The largest absolute Gasteiger partial charge is 0.511 e. The van der Waals surface area contributed by atoms with Crippen LogP contribution in [-0.4, -0.2) is 5.11 Å². The number of aliphatic hydroxyl groups is 1. The molecule has 0 saturated carbocycles. The quantitative estimate of drug-likeness (QED) is 0.507. The Morgan fingerprint density at radius 3 is 2.53 bits per heavy atom. The van der Waals surface area contributed by atoms with Gasteiger partial charge in [-0.1, -0.05) is 50.3 Å².